The van der Waals surface area contributed by atoms with Crippen LogP contribution in [0.2, 0.25) is 0 Å². The van der Waals surface area contributed by atoms with Crippen LogP contribution in [0.1, 0.15) is 18.1 Å². The van der Waals surface area contributed by atoms with Crippen LogP contribution in [-0.4, -0.2) is 40.8 Å². The van der Waals surface area contributed by atoms with Crippen LogP contribution in [0.25, 0.3) is 11.1 Å². The zero-order valence-corrected chi connectivity index (χ0v) is 18.7. The van der Waals surface area contributed by atoms with E-state index < -0.39 is 18.1 Å². The Morgan fingerprint density at radius 1 is 0.971 bits per heavy atom. The van der Waals surface area contributed by atoms with E-state index in [1.807, 2.05) is 42.5 Å². The van der Waals surface area contributed by atoms with Gasteiger partial charge in [-0.1, -0.05) is 36.4 Å². The van der Waals surface area contributed by atoms with Crippen LogP contribution in [0.5, 0.6) is 0 Å². The lowest BCUT2D eigenvalue weighted by Crippen LogP contribution is -2.42. The van der Waals surface area contributed by atoms with Crippen LogP contribution in [0, 0.1) is 0 Å². The molecule has 176 valence electrons. The fourth-order valence-corrected chi connectivity index (χ4v) is 3.22. The van der Waals surface area contributed by atoms with Gasteiger partial charge in [0.05, 0.1) is 6.61 Å². The second-order valence-corrected chi connectivity index (χ2v) is 7.40. The predicted molar refractivity (Wildman–Crippen MR) is 127 cm³/mol. The lowest BCUT2D eigenvalue weighted by Gasteiger charge is -2.14. The average molecular weight is 463 g/mol. The summed E-state index contributed by atoms with van der Waals surface area (Å²) in [5.74, 6) is -1.14. The first kappa shape index (κ1) is 24.2. The molecular formula is C25H26N4O5. The molecule has 0 unspecified atom stereocenters. The molecule has 34 heavy (non-hydrogen) atoms. The first-order valence-electron chi connectivity index (χ1n) is 10.7. The van der Waals surface area contributed by atoms with Crippen molar-refractivity contribution in [1.29, 1.82) is 0 Å². The van der Waals surface area contributed by atoms with E-state index in [1.54, 1.807) is 37.5 Å². The molecule has 3 aromatic rings. The van der Waals surface area contributed by atoms with Gasteiger partial charge in [-0.2, -0.15) is 0 Å². The van der Waals surface area contributed by atoms with Crippen molar-refractivity contribution in [3.05, 3.63) is 84.2 Å². The molecule has 4 N–H and O–H groups in total. The van der Waals surface area contributed by atoms with Crippen molar-refractivity contribution in [2.24, 2.45) is 0 Å². The van der Waals surface area contributed by atoms with E-state index in [2.05, 4.69) is 20.9 Å². The van der Waals surface area contributed by atoms with Crippen LogP contribution in [0.3, 0.4) is 0 Å². The first-order valence-corrected chi connectivity index (χ1v) is 10.7. The Kier molecular flexibility index (Phi) is 8.56. The lowest BCUT2D eigenvalue weighted by atomic mass is 10.0. The normalized spacial score (nSPS) is 11.2. The number of amides is 3. The molecule has 0 spiro atoms. The largest absolute Gasteiger partial charge is 0.480 e. The number of aliphatic carboxylic acids is 1. The summed E-state index contributed by atoms with van der Waals surface area (Å²) in [6.07, 6.45) is 2.69. The van der Waals surface area contributed by atoms with Crippen molar-refractivity contribution < 1.29 is 24.2 Å². The minimum atomic E-state index is -1.14. The predicted octanol–water partition coefficient (Wildman–Crippen LogP) is 3.81. The number of urea groups is 1. The smallest absolute Gasteiger partial charge is 0.407 e. The molecule has 1 aromatic heterocycles. The van der Waals surface area contributed by atoms with E-state index in [-0.39, 0.29) is 19.1 Å². The maximum Gasteiger partial charge on any atom is 0.407 e. The van der Waals surface area contributed by atoms with Crippen LogP contribution in [0.15, 0.2) is 73.1 Å². The molecule has 0 aliphatic heterocycles. The Balaban J connectivity index is 1.60. The molecule has 0 fully saturated rings. The molecule has 1 atom stereocenters. The fourth-order valence-electron chi connectivity index (χ4n) is 3.22. The van der Waals surface area contributed by atoms with Gasteiger partial charge in [0.2, 0.25) is 0 Å². The van der Waals surface area contributed by atoms with Gasteiger partial charge in [-0.3, -0.25) is 4.98 Å². The zero-order valence-electron chi connectivity index (χ0n) is 18.7. The number of benzene rings is 2. The fraction of sp³-hybridized carbons (Fsp3) is 0.200. The van der Waals surface area contributed by atoms with Gasteiger partial charge in [0.25, 0.3) is 0 Å². The summed E-state index contributed by atoms with van der Waals surface area (Å²) < 4.78 is 4.76. The number of ether oxygens (including phenoxy) is 1. The zero-order chi connectivity index (χ0) is 24.3. The van der Waals surface area contributed by atoms with Gasteiger partial charge < -0.3 is 25.8 Å². The van der Waals surface area contributed by atoms with Crippen molar-refractivity contribution >= 4 is 23.8 Å². The number of carbonyl (C=O) groups excluding carboxylic acids is 2. The Morgan fingerprint density at radius 3 is 2.38 bits per heavy atom. The Morgan fingerprint density at radius 2 is 1.71 bits per heavy atom. The summed E-state index contributed by atoms with van der Waals surface area (Å²) in [7, 11) is 0. The molecule has 0 aliphatic carbocycles. The standard InChI is InChI=1S/C25H26N4O5/c1-2-34-25(33)29-22(23(30)31)14-17-6-8-19(9-7-17)20-4-3-5-21(15-20)28-24(32)27-16-18-10-12-26-13-11-18/h3-13,15,22H,2,14,16H2,1H3,(H,29,33)(H,30,31)(H2,27,28,32)/t22-/m0/s1. The van der Waals surface area contributed by atoms with Gasteiger partial charge in [0.15, 0.2) is 0 Å². The highest BCUT2D eigenvalue weighted by molar-refractivity contribution is 5.90. The van der Waals surface area contributed by atoms with E-state index in [9.17, 15) is 19.5 Å². The quantitative estimate of drug-likeness (QED) is 0.383. The Labute approximate surface area is 197 Å². The highest BCUT2D eigenvalue weighted by Gasteiger charge is 2.21. The third-order valence-corrected chi connectivity index (χ3v) is 4.92. The molecule has 3 amide bonds. The number of aromatic nitrogens is 1. The molecule has 2 aromatic carbocycles. The summed E-state index contributed by atoms with van der Waals surface area (Å²) >= 11 is 0. The number of rotatable bonds is 9. The number of alkyl carbamates (subject to hydrolysis) is 1. The van der Waals surface area contributed by atoms with Crippen LogP contribution >= 0.6 is 0 Å². The average Bonchev–Trinajstić information content (AvgIpc) is 2.84. The third kappa shape index (κ3) is 7.33. The first-order chi connectivity index (χ1) is 16.4. The van der Waals surface area contributed by atoms with E-state index in [0.717, 1.165) is 22.3 Å². The van der Waals surface area contributed by atoms with E-state index in [4.69, 9.17) is 4.74 Å². The van der Waals surface area contributed by atoms with Crippen molar-refractivity contribution in [2.45, 2.75) is 25.9 Å². The number of nitrogens with one attached hydrogen (secondary N) is 3. The van der Waals surface area contributed by atoms with Crippen molar-refractivity contribution in [2.75, 3.05) is 11.9 Å². The van der Waals surface area contributed by atoms with Crippen molar-refractivity contribution in [3.63, 3.8) is 0 Å². The summed E-state index contributed by atoms with van der Waals surface area (Å²) in [6.45, 7) is 2.19. The molecule has 3 rings (SSSR count). The second kappa shape index (κ2) is 12.0. The number of pyridine rings is 1. The van der Waals surface area contributed by atoms with Gasteiger partial charge in [-0.05, 0) is 53.4 Å². The number of carboxylic acids is 1. The summed E-state index contributed by atoms with van der Waals surface area (Å²) in [6, 6.07) is 17.0. The summed E-state index contributed by atoms with van der Waals surface area (Å²) in [5.41, 5.74) is 4.12. The number of carbonyl (C=O) groups is 3. The van der Waals surface area contributed by atoms with Gasteiger partial charge in [0.1, 0.15) is 6.04 Å². The molecule has 9 nitrogen and oxygen atoms in total. The van der Waals surface area contributed by atoms with Gasteiger partial charge in [-0.15, -0.1) is 0 Å². The topological polar surface area (TPSA) is 130 Å². The molecule has 9 heteroatoms. The summed E-state index contributed by atoms with van der Waals surface area (Å²) in [4.78, 5) is 39.2. The van der Waals surface area contributed by atoms with E-state index in [1.165, 1.54) is 0 Å². The molecule has 1 heterocycles. The Hall–Kier alpha value is -4.40. The van der Waals surface area contributed by atoms with Gasteiger partial charge in [-0.25, -0.2) is 14.4 Å². The molecule has 0 saturated carbocycles. The minimum absolute atomic E-state index is 0.119. The maximum absolute atomic E-state index is 12.2. The Bertz CT molecular complexity index is 1120. The number of anilines is 1. The number of hydrogen-bond acceptors (Lipinski definition) is 5. The molecule has 0 aliphatic rings. The highest BCUT2D eigenvalue weighted by Crippen LogP contribution is 2.23. The van der Waals surface area contributed by atoms with E-state index >= 15 is 0 Å². The van der Waals surface area contributed by atoms with E-state index in [0.29, 0.717) is 12.2 Å². The van der Waals surface area contributed by atoms with Crippen molar-refractivity contribution in [1.82, 2.24) is 15.6 Å². The number of nitrogens with zero attached hydrogens (tertiary/aromatic N) is 1. The molecule has 0 saturated heterocycles. The van der Waals surface area contributed by atoms with Crippen LogP contribution < -0.4 is 16.0 Å². The van der Waals surface area contributed by atoms with Gasteiger partial charge >= 0.3 is 18.1 Å². The number of hydrogen-bond donors (Lipinski definition) is 4. The third-order valence-electron chi connectivity index (χ3n) is 4.92. The SMILES string of the molecule is CCOC(=O)N[C@@H](Cc1ccc(-c2cccc(NC(=O)NCc3ccncc3)c2)cc1)C(=O)O. The minimum Gasteiger partial charge on any atom is -0.480 e. The van der Waals surface area contributed by atoms with Crippen LogP contribution in [0.4, 0.5) is 15.3 Å². The molecular weight excluding hydrogens is 436 g/mol. The second-order valence-electron chi connectivity index (χ2n) is 7.40. The molecule has 0 radical (unpaired) electrons. The maximum atomic E-state index is 12.2. The highest BCUT2D eigenvalue weighted by atomic mass is 16.5. The molecule has 0 bridgehead atoms. The summed E-state index contributed by atoms with van der Waals surface area (Å²) in [5, 5.41) is 17.3. The number of carboxylic acid groups (broad SMARTS) is 1. The van der Waals surface area contributed by atoms with Crippen molar-refractivity contribution in [3.8, 4) is 11.1 Å². The van der Waals surface area contributed by atoms with Crippen LogP contribution in [-0.2, 0) is 22.5 Å². The van der Waals surface area contributed by atoms with Gasteiger partial charge in [0, 0.05) is 31.0 Å². The monoisotopic (exact) mass is 462 g/mol. The lowest BCUT2D eigenvalue weighted by molar-refractivity contribution is -0.139.